The Kier molecular flexibility index (Phi) is 6.60. The van der Waals surface area contributed by atoms with E-state index in [0.717, 1.165) is 25.8 Å². The first-order chi connectivity index (χ1) is 11.0. The molecule has 2 aromatic carbocycles. The molecule has 124 valence electrons. The number of aryl methyl sites for hydroxylation is 1. The average Bonchev–Trinajstić information content (AvgIpc) is 2.54. The molecule has 23 heavy (non-hydrogen) atoms. The summed E-state index contributed by atoms with van der Waals surface area (Å²) >= 11 is 0. The van der Waals surface area contributed by atoms with Gasteiger partial charge in [0.25, 0.3) is 0 Å². The Labute approximate surface area is 139 Å². The van der Waals surface area contributed by atoms with Gasteiger partial charge in [0, 0.05) is 25.8 Å². The third-order valence-electron chi connectivity index (χ3n) is 4.04. The van der Waals surface area contributed by atoms with E-state index in [4.69, 9.17) is 0 Å². The zero-order chi connectivity index (χ0) is 16.7. The molecule has 0 bridgehead atoms. The van der Waals surface area contributed by atoms with Crippen molar-refractivity contribution in [1.82, 2.24) is 5.32 Å². The second-order valence-electron chi connectivity index (χ2n) is 6.35. The number of anilines is 1. The quantitative estimate of drug-likeness (QED) is 0.740. The van der Waals surface area contributed by atoms with Crippen LogP contribution in [0.3, 0.4) is 0 Å². The predicted molar refractivity (Wildman–Crippen MR) is 96.7 cm³/mol. The standard InChI is InChI=1S/C20H27FN2/c1-16(15-18-6-10-19(21)11-7-18)22-14-4-5-17-8-12-20(13-9-17)23(2)3/h6-13,16,22H,4-5,14-15H2,1-3H3. The molecule has 2 nitrogen and oxygen atoms in total. The van der Waals surface area contributed by atoms with Gasteiger partial charge in [-0.3, -0.25) is 0 Å². The monoisotopic (exact) mass is 314 g/mol. The molecule has 0 saturated heterocycles. The molecule has 0 radical (unpaired) electrons. The molecule has 0 aliphatic carbocycles. The topological polar surface area (TPSA) is 15.3 Å². The minimum Gasteiger partial charge on any atom is -0.378 e. The van der Waals surface area contributed by atoms with Gasteiger partial charge in [-0.15, -0.1) is 0 Å². The number of benzene rings is 2. The van der Waals surface area contributed by atoms with Crippen molar-refractivity contribution < 1.29 is 4.39 Å². The van der Waals surface area contributed by atoms with Gasteiger partial charge in [-0.2, -0.15) is 0 Å². The minimum absolute atomic E-state index is 0.172. The molecule has 0 fully saturated rings. The van der Waals surface area contributed by atoms with Crippen molar-refractivity contribution in [1.29, 1.82) is 0 Å². The molecule has 2 rings (SSSR count). The molecular formula is C20H27FN2. The number of nitrogens with zero attached hydrogens (tertiary/aromatic N) is 1. The lowest BCUT2D eigenvalue weighted by molar-refractivity contribution is 0.533. The lowest BCUT2D eigenvalue weighted by Crippen LogP contribution is -2.29. The van der Waals surface area contributed by atoms with Crippen LogP contribution in [-0.4, -0.2) is 26.7 Å². The number of hydrogen-bond donors (Lipinski definition) is 1. The van der Waals surface area contributed by atoms with Gasteiger partial charge in [0.1, 0.15) is 5.82 Å². The van der Waals surface area contributed by atoms with Gasteiger partial charge in [-0.1, -0.05) is 24.3 Å². The van der Waals surface area contributed by atoms with E-state index in [1.807, 2.05) is 12.1 Å². The van der Waals surface area contributed by atoms with Gasteiger partial charge < -0.3 is 10.2 Å². The smallest absolute Gasteiger partial charge is 0.123 e. The second kappa shape index (κ2) is 8.68. The van der Waals surface area contributed by atoms with Gasteiger partial charge in [-0.25, -0.2) is 4.39 Å². The van der Waals surface area contributed by atoms with Crippen LogP contribution < -0.4 is 10.2 Å². The van der Waals surface area contributed by atoms with Crippen molar-refractivity contribution in [2.75, 3.05) is 25.5 Å². The number of halogens is 1. The normalized spacial score (nSPS) is 12.2. The van der Waals surface area contributed by atoms with Crippen molar-refractivity contribution >= 4 is 5.69 Å². The maximum absolute atomic E-state index is 12.9. The maximum Gasteiger partial charge on any atom is 0.123 e. The molecule has 1 unspecified atom stereocenters. The molecule has 3 heteroatoms. The second-order valence-corrected chi connectivity index (χ2v) is 6.35. The average molecular weight is 314 g/mol. The molecule has 0 aliphatic heterocycles. The van der Waals surface area contributed by atoms with Crippen molar-refractivity contribution in [2.45, 2.75) is 32.2 Å². The number of rotatable bonds is 8. The van der Waals surface area contributed by atoms with E-state index in [1.54, 1.807) is 0 Å². The summed E-state index contributed by atoms with van der Waals surface area (Å²) in [5, 5.41) is 3.54. The highest BCUT2D eigenvalue weighted by Gasteiger charge is 2.03. The summed E-state index contributed by atoms with van der Waals surface area (Å²) in [7, 11) is 4.11. The van der Waals surface area contributed by atoms with Crippen molar-refractivity contribution in [3.63, 3.8) is 0 Å². The molecule has 0 amide bonds. The van der Waals surface area contributed by atoms with E-state index < -0.39 is 0 Å². The highest BCUT2D eigenvalue weighted by Crippen LogP contribution is 2.13. The Morgan fingerprint density at radius 3 is 2.17 bits per heavy atom. The first kappa shape index (κ1) is 17.5. The summed E-state index contributed by atoms with van der Waals surface area (Å²) in [5.41, 5.74) is 3.79. The summed E-state index contributed by atoms with van der Waals surface area (Å²) < 4.78 is 12.9. The number of hydrogen-bond acceptors (Lipinski definition) is 2. The van der Waals surface area contributed by atoms with Crippen molar-refractivity contribution in [3.8, 4) is 0 Å². The molecule has 2 aromatic rings. The Balaban J connectivity index is 1.67. The summed E-state index contributed by atoms with van der Waals surface area (Å²) in [6.07, 6.45) is 3.14. The van der Waals surface area contributed by atoms with Crippen molar-refractivity contribution in [2.24, 2.45) is 0 Å². The molecule has 0 spiro atoms. The molecule has 0 aliphatic rings. The fraction of sp³-hybridized carbons (Fsp3) is 0.400. The van der Waals surface area contributed by atoms with Crippen molar-refractivity contribution in [3.05, 3.63) is 65.5 Å². The molecule has 0 heterocycles. The van der Waals surface area contributed by atoms with Crippen LogP contribution in [0.1, 0.15) is 24.5 Å². The molecule has 1 atom stereocenters. The van der Waals surface area contributed by atoms with Crippen LogP contribution in [-0.2, 0) is 12.8 Å². The van der Waals surface area contributed by atoms with Gasteiger partial charge in [0.2, 0.25) is 0 Å². The van der Waals surface area contributed by atoms with Gasteiger partial charge in [0.05, 0.1) is 0 Å². The van der Waals surface area contributed by atoms with E-state index in [2.05, 4.69) is 55.5 Å². The zero-order valence-electron chi connectivity index (χ0n) is 14.3. The fourth-order valence-corrected chi connectivity index (χ4v) is 2.65. The third-order valence-corrected chi connectivity index (χ3v) is 4.04. The molecule has 1 N–H and O–H groups in total. The Hall–Kier alpha value is -1.87. The molecule has 0 saturated carbocycles. The predicted octanol–water partition coefficient (Wildman–Crippen LogP) is 4.05. The van der Waals surface area contributed by atoms with Gasteiger partial charge >= 0.3 is 0 Å². The van der Waals surface area contributed by atoms with Crippen LogP contribution in [0.15, 0.2) is 48.5 Å². The van der Waals surface area contributed by atoms with Crippen LogP contribution >= 0.6 is 0 Å². The largest absolute Gasteiger partial charge is 0.378 e. The minimum atomic E-state index is -0.172. The molecular weight excluding hydrogens is 287 g/mol. The van der Waals surface area contributed by atoms with Crippen LogP contribution in [0.5, 0.6) is 0 Å². The Morgan fingerprint density at radius 2 is 1.57 bits per heavy atom. The van der Waals surface area contributed by atoms with Crippen LogP contribution in [0.2, 0.25) is 0 Å². The van der Waals surface area contributed by atoms with Crippen LogP contribution in [0, 0.1) is 5.82 Å². The zero-order valence-corrected chi connectivity index (χ0v) is 14.3. The summed E-state index contributed by atoms with van der Waals surface area (Å²) in [6.45, 7) is 3.17. The van der Waals surface area contributed by atoms with E-state index in [1.165, 1.54) is 28.9 Å². The maximum atomic E-state index is 12.9. The lowest BCUT2D eigenvalue weighted by Gasteiger charge is -2.14. The molecule has 0 aromatic heterocycles. The highest BCUT2D eigenvalue weighted by atomic mass is 19.1. The van der Waals surface area contributed by atoms with E-state index >= 15 is 0 Å². The lowest BCUT2D eigenvalue weighted by atomic mass is 10.1. The SMILES string of the molecule is CC(Cc1ccc(F)cc1)NCCCc1ccc(N(C)C)cc1. The first-order valence-corrected chi connectivity index (χ1v) is 8.28. The summed E-state index contributed by atoms with van der Waals surface area (Å²) in [6, 6.07) is 15.9. The van der Waals surface area contributed by atoms with E-state index in [9.17, 15) is 4.39 Å². The number of nitrogens with one attached hydrogen (secondary N) is 1. The van der Waals surface area contributed by atoms with Crippen LogP contribution in [0.25, 0.3) is 0 Å². The van der Waals surface area contributed by atoms with E-state index in [-0.39, 0.29) is 5.82 Å². The Bertz CT molecular complexity index is 576. The summed E-state index contributed by atoms with van der Waals surface area (Å²) in [5.74, 6) is -0.172. The highest BCUT2D eigenvalue weighted by molar-refractivity contribution is 5.45. The first-order valence-electron chi connectivity index (χ1n) is 8.28. The Morgan fingerprint density at radius 1 is 0.957 bits per heavy atom. The fourth-order valence-electron chi connectivity index (χ4n) is 2.65. The van der Waals surface area contributed by atoms with E-state index in [0.29, 0.717) is 6.04 Å². The third kappa shape index (κ3) is 6.03. The van der Waals surface area contributed by atoms with Gasteiger partial charge in [-0.05, 0) is 68.1 Å². The van der Waals surface area contributed by atoms with Gasteiger partial charge in [0.15, 0.2) is 0 Å². The van der Waals surface area contributed by atoms with Crippen LogP contribution in [0.4, 0.5) is 10.1 Å². The summed E-state index contributed by atoms with van der Waals surface area (Å²) in [4.78, 5) is 2.11.